The lowest BCUT2D eigenvalue weighted by Crippen LogP contribution is -2.40. The van der Waals surface area contributed by atoms with Gasteiger partial charge in [-0.3, -0.25) is 19.2 Å². The number of benzene rings is 3. The molecule has 0 spiro atoms. The van der Waals surface area contributed by atoms with Gasteiger partial charge in [0.1, 0.15) is 11.6 Å². The molecule has 11 heteroatoms. The molecule has 1 N–H and O–H groups in total. The molecule has 0 fully saturated rings. The summed E-state index contributed by atoms with van der Waals surface area (Å²) >= 11 is 11.7. The third kappa shape index (κ3) is 5.56. The summed E-state index contributed by atoms with van der Waals surface area (Å²) in [5.74, 6) is -0.569. The Bertz CT molecular complexity index is 1250. The molecule has 3 aromatic carbocycles. The predicted octanol–water partition coefficient (Wildman–Crippen LogP) is 4.41. The van der Waals surface area contributed by atoms with Crippen molar-refractivity contribution >= 4 is 50.5 Å². The van der Waals surface area contributed by atoms with Crippen LogP contribution >= 0.6 is 23.2 Å². The summed E-state index contributed by atoms with van der Waals surface area (Å²) in [5, 5.41) is 14.2. The number of sulfonamides is 1. The number of hydrogen-bond donors (Lipinski definition) is 1. The molecule has 0 heterocycles. The third-order valence-corrected chi connectivity index (χ3v) is 6.74. The second-order valence-electron chi connectivity index (χ2n) is 6.62. The van der Waals surface area contributed by atoms with Crippen molar-refractivity contribution in [2.24, 2.45) is 0 Å². The quantitative estimate of drug-likeness (QED) is 0.369. The zero-order chi connectivity index (χ0) is 23.3. The summed E-state index contributed by atoms with van der Waals surface area (Å²) in [7, 11) is -4.32. The Hall–Kier alpha value is -3.14. The summed E-state index contributed by atoms with van der Waals surface area (Å²) in [6.45, 7) is -0.391. The van der Waals surface area contributed by atoms with Crippen molar-refractivity contribution in [1.29, 1.82) is 0 Å². The number of nitro groups is 1. The van der Waals surface area contributed by atoms with Crippen LogP contribution in [0.2, 0.25) is 10.0 Å². The molecule has 8 nitrogen and oxygen atoms in total. The topological polar surface area (TPSA) is 110 Å². The van der Waals surface area contributed by atoms with Gasteiger partial charge in [0.15, 0.2) is 0 Å². The van der Waals surface area contributed by atoms with Crippen LogP contribution in [-0.4, -0.2) is 25.8 Å². The maximum atomic E-state index is 13.3. The molecule has 0 bridgehead atoms. The van der Waals surface area contributed by atoms with Crippen LogP contribution in [0.4, 0.5) is 11.4 Å². The van der Waals surface area contributed by atoms with Gasteiger partial charge in [0.25, 0.3) is 15.7 Å². The van der Waals surface area contributed by atoms with E-state index in [9.17, 15) is 23.3 Å². The van der Waals surface area contributed by atoms with Crippen LogP contribution in [0.5, 0.6) is 0 Å². The van der Waals surface area contributed by atoms with E-state index in [4.69, 9.17) is 23.2 Å². The van der Waals surface area contributed by atoms with E-state index in [2.05, 4.69) is 5.32 Å². The maximum absolute atomic E-state index is 13.3. The van der Waals surface area contributed by atoms with Crippen molar-refractivity contribution in [3.63, 3.8) is 0 Å². The molecule has 166 valence electrons. The van der Waals surface area contributed by atoms with Crippen LogP contribution in [0.3, 0.4) is 0 Å². The van der Waals surface area contributed by atoms with Gasteiger partial charge in [-0.15, -0.1) is 0 Å². The van der Waals surface area contributed by atoms with Crippen molar-refractivity contribution in [3.8, 4) is 0 Å². The molecular formula is C21H17Cl2N3O5S. The Morgan fingerprint density at radius 2 is 1.72 bits per heavy atom. The summed E-state index contributed by atoms with van der Waals surface area (Å²) in [4.78, 5) is 22.7. The van der Waals surface area contributed by atoms with Gasteiger partial charge in [-0.05, 0) is 42.0 Å². The van der Waals surface area contributed by atoms with E-state index in [-0.39, 0.29) is 22.2 Å². The first kappa shape index (κ1) is 23.5. The van der Waals surface area contributed by atoms with E-state index >= 15 is 0 Å². The number of rotatable bonds is 8. The third-order valence-electron chi connectivity index (χ3n) is 4.41. The minimum absolute atomic E-state index is 0.147. The number of halogens is 2. The largest absolute Gasteiger partial charge is 0.350 e. The van der Waals surface area contributed by atoms with Crippen molar-refractivity contribution in [2.75, 3.05) is 10.8 Å². The molecule has 32 heavy (non-hydrogen) atoms. The van der Waals surface area contributed by atoms with Gasteiger partial charge in [-0.25, -0.2) is 8.42 Å². The first-order valence-corrected chi connectivity index (χ1v) is 11.4. The molecule has 0 saturated carbocycles. The Labute approximate surface area is 194 Å². The lowest BCUT2D eigenvalue weighted by atomic mass is 10.2. The highest BCUT2D eigenvalue weighted by Crippen LogP contribution is 2.30. The predicted molar refractivity (Wildman–Crippen MR) is 122 cm³/mol. The minimum Gasteiger partial charge on any atom is -0.350 e. The summed E-state index contributed by atoms with van der Waals surface area (Å²) in [5.41, 5.74) is 0.419. The second-order valence-corrected chi connectivity index (χ2v) is 9.33. The number of carbonyl (C=O) groups is 1. The van der Waals surface area contributed by atoms with Crippen LogP contribution in [0.15, 0.2) is 77.7 Å². The molecular weight excluding hydrogens is 477 g/mol. The lowest BCUT2D eigenvalue weighted by Gasteiger charge is -2.24. The Morgan fingerprint density at radius 1 is 1.00 bits per heavy atom. The van der Waals surface area contributed by atoms with Gasteiger partial charge in [0.05, 0.1) is 15.5 Å². The second kappa shape index (κ2) is 9.99. The van der Waals surface area contributed by atoms with Crippen molar-refractivity contribution in [2.45, 2.75) is 11.4 Å². The standard InChI is InChI=1S/C21H17Cl2N3O5S/c22-16-6-4-5-15(11-16)13-24-21(27)14-25(17-7-2-1-3-8-17)32(30,31)18-9-10-19(23)20(12-18)26(28)29/h1-12H,13-14H2,(H,24,27). The van der Waals surface area contributed by atoms with E-state index in [0.717, 1.165) is 28.1 Å². The van der Waals surface area contributed by atoms with Crippen LogP contribution in [0, 0.1) is 10.1 Å². The van der Waals surface area contributed by atoms with Gasteiger partial charge in [-0.2, -0.15) is 0 Å². The number of nitrogens with zero attached hydrogens (tertiary/aromatic N) is 2. The molecule has 3 rings (SSSR count). The first-order chi connectivity index (χ1) is 15.2. The van der Waals surface area contributed by atoms with Crippen molar-refractivity contribution in [3.05, 3.63) is 98.5 Å². The molecule has 3 aromatic rings. The first-order valence-electron chi connectivity index (χ1n) is 9.21. The molecule has 0 aromatic heterocycles. The van der Waals surface area contributed by atoms with Crippen LogP contribution in [0.1, 0.15) is 5.56 Å². The van der Waals surface area contributed by atoms with E-state index in [0.29, 0.717) is 5.02 Å². The highest BCUT2D eigenvalue weighted by molar-refractivity contribution is 7.92. The Balaban J connectivity index is 1.90. The summed E-state index contributed by atoms with van der Waals surface area (Å²) in [6, 6.07) is 18.0. The Morgan fingerprint density at radius 3 is 2.38 bits per heavy atom. The lowest BCUT2D eigenvalue weighted by molar-refractivity contribution is -0.384. The summed E-state index contributed by atoms with van der Waals surface area (Å²) in [6.07, 6.45) is 0. The van der Waals surface area contributed by atoms with Gasteiger partial charge < -0.3 is 5.32 Å². The zero-order valence-electron chi connectivity index (χ0n) is 16.4. The van der Waals surface area contributed by atoms with Gasteiger partial charge in [-0.1, -0.05) is 53.5 Å². The van der Waals surface area contributed by atoms with Crippen LogP contribution in [-0.2, 0) is 21.4 Å². The number of amides is 1. The Kier molecular flexibility index (Phi) is 7.34. The van der Waals surface area contributed by atoms with E-state index < -0.39 is 33.1 Å². The number of para-hydroxylation sites is 1. The van der Waals surface area contributed by atoms with Crippen molar-refractivity contribution in [1.82, 2.24) is 5.32 Å². The van der Waals surface area contributed by atoms with Gasteiger partial charge in [0.2, 0.25) is 5.91 Å². The molecule has 0 aliphatic heterocycles. The van der Waals surface area contributed by atoms with Gasteiger partial charge in [0, 0.05) is 17.6 Å². The monoisotopic (exact) mass is 493 g/mol. The van der Waals surface area contributed by atoms with E-state index in [1.807, 2.05) is 0 Å². The van der Waals surface area contributed by atoms with E-state index in [1.165, 1.54) is 12.1 Å². The average molecular weight is 494 g/mol. The number of anilines is 1. The van der Waals surface area contributed by atoms with Crippen molar-refractivity contribution < 1.29 is 18.1 Å². The molecule has 0 saturated heterocycles. The van der Waals surface area contributed by atoms with Crippen LogP contribution in [0.25, 0.3) is 0 Å². The molecule has 0 aliphatic carbocycles. The fourth-order valence-electron chi connectivity index (χ4n) is 2.86. The fourth-order valence-corrected chi connectivity index (χ4v) is 4.70. The molecule has 0 unspecified atom stereocenters. The normalized spacial score (nSPS) is 11.1. The number of hydrogen-bond acceptors (Lipinski definition) is 5. The fraction of sp³-hybridized carbons (Fsp3) is 0.0952. The zero-order valence-corrected chi connectivity index (χ0v) is 18.8. The molecule has 0 radical (unpaired) electrons. The number of carbonyl (C=O) groups excluding carboxylic acids is 1. The summed E-state index contributed by atoms with van der Waals surface area (Å²) < 4.78 is 27.6. The SMILES string of the molecule is O=C(CN(c1ccccc1)S(=O)(=O)c1ccc(Cl)c([N+](=O)[O-])c1)NCc1cccc(Cl)c1. The number of nitrogens with one attached hydrogen (secondary N) is 1. The molecule has 0 aliphatic rings. The molecule has 0 atom stereocenters. The van der Waals surface area contributed by atoms with E-state index in [1.54, 1.807) is 42.5 Å². The van der Waals surface area contributed by atoms with Gasteiger partial charge >= 0.3 is 0 Å². The minimum atomic E-state index is -4.32. The highest BCUT2D eigenvalue weighted by atomic mass is 35.5. The average Bonchev–Trinajstić information content (AvgIpc) is 2.76. The smallest absolute Gasteiger partial charge is 0.289 e. The highest BCUT2D eigenvalue weighted by Gasteiger charge is 2.29. The maximum Gasteiger partial charge on any atom is 0.289 e. The van der Waals surface area contributed by atoms with Crippen LogP contribution < -0.4 is 9.62 Å². The number of nitro benzene ring substituents is 1. The molecule has 1 amide bonds.